The van der Waals surface area contributed by atoms with Crippen molar-refractivity contribution < 1.29 is 8.42 Å². The first kappa shape index (κ1) is 14.8. The van der Waals surface area contributed by atoms with Gasteiger partial charge in [-0.05, 0) is 48.6 Å². The second-order valence-corrected chi connectivity index (χ2v) is 7.17. The van der Waals surface area contributed by atoms with Gasteiger partial charge in [0.1, 0.15) is 0 Å². The summed E-state index contributed by atoms with van der Waals surface area (Å²) < 4.78 is 22.9. The lowest BCUT2D eigenvalue weighted by atomic mass is 10.1. The van der Waals surface area contributed by atoms with Crippen molar-refractivity contribution in [1.29, 1.82) is 0 Å². The Balaban J connectivity index is 2.32. The number of anilines is 2. The van der Waals surface area contributed by atoms with Crippen LogP contribution in [-0.4, -0.2) is 8.42 Å². The summed E-state index contributed by atoms with van der Waals surface area (Å²) in [5.74, 6) is 0. The number of aryl methyl sites for hydroxylation is 1. The zero-order valence-corrected chi connectivity index (χ0v) is 12.9. The highest BCUT2D eigenvalue weighted by molar-refractivity contribution is 7.89. The Labute approximate surface area is 122 Å². The summed E-state index contributed by atoms with van der Waals surface area (Å²) in [5.41, 5.74) is 9.18. The van der Waals surface area contributed by atoms with E-state index in [4.69, 9.17) is 10.9 Å². The number of thiophene rings is 1. The maximum absolute atomic E-state index is 11.5. The lowest BCUT2D eigenvalue weighted by molar-refractivity contribution is 0.597. The molecule has 0 aliphatic rings. The van der Waals surface area contributed by atoms with E-state index in [1.807, 2.05) is 25.3 Å². The van der Waals surface area contributed by atoms with Gasteiger partial charge in [-0.15, -0.1) is 11.3 Å². The summed E-state index contributed by atoms with van der Waals surface area (Å²) >= 11 is 1.56. The van der Waals surface area contributed by atoms with Crippen molar-refractivity contribution in [3.05, 3.63) is 39.6 Å². The van der Waals surface area contributed by atoms with Crippen LogP contribution in [0.1, 0.15) is 16.0 Å². The molecule has 0 aliphatic heterocycles. The normalized spacial score (nSPS) is 11.6. The number of rotatable bonds is 4. The van der Waals surface area contributed by atoms with E-state index < -0.39 is 10.0 Å². The van der Waals surface area contributed by atoms with Gasteiger partial charge in [-0.25, -0.2) is 13.6 Å². The Bertz CT molecular complexity index is 736. The van der Waals surface area contributed by atoms with Crippen molar-refractivity contribution in [3.8, 4) is 0 Å². The third-order valence-electron chi connectivity index (χ3n) is 3.19. The Morgan fingerprint density at radius 1 is 1.30 bits per heavy atom. The van der Waals surface area contributed by atoms with Crippen LogP contribution in [0, 0.1) is 13.8 Å². The third-order valence-corrected chi connectivity index (χ3v) is 5.02. The van der Waals surface area contributed by atoms with Crippen LogP contribution in [0.5, 0.6) is 0 Å². The number of benzene rings is 1. The van der Waals surface area contributed by atoms with E-state index in [-0.39, 0.29) is 4.90 Å². The molecule has 0 unspecified atom stereocenters. The fourth-order valence-corrected chi connectivity index (χ4v) is 3.21. The maximum atomic E-state index is 11.5. The maximum Gasteiger partial charge on any atom is 0.238 e. The second-order valence-electron chi connectivity index (χ2n) is 4.61. The molecule has 1 aromatic heterocycles. The molecule has 0 atom stereocenters. The first-order chi connectivity index (χ1) is 9.29. The summed E-state index contributed by atoms with van der Waals surface area (Å²) in [6, 6.07) is 4.98. The SMILES string of the molecule is Cc1cc(S(N)(=O)=O)cc(NCc2sccc2N)c1C. The zero-order valence-electron chi connectivity index (χ0n) is 11.3. The average Bonchev–Trinajstić information content (AvgIpc) is 2.75. The monoisotopic (exact) mass is 311 g/mol. The van der Waals surface area contributed by atoms with E-state index in [9.17, 15) is 8.42 Å². The van der Waals surface area contributed by atoms with Gasteiger partial charge >= 0.3 is 0 Å². The largest absolute Gasteiger partial charge is 0.398 e. The molecule has 1 aromatic carbocycles. The molecule has 0 radical (unpaired) electrons. The molecule has 0 aliphatic carbocycles. The van der Waals surface area contributed by atoms with Crippen LogP contribution in [0.3, 0.4) is 0 Å². The summed E-state index contributed by atoms with van der Waals surface area (Å²) in [6.07, 6.45) is 0. The highest BCUT2D eigenvalue weighted by Crippen LogP contribution is 2.26. The van der Waals surface area contributed by atoms with E-state index in [0.29, 0.717) is 6.54 Å². The second kappa shape index (κ2) is 5.43. The molecule has 0 saturated heterocycles. The molecule has 0 fully saturated rings. The van der Waals surface area contributed by atoms with Crippen molar-refractivity contribution in [2.45, 2.75) is 25.3 Å². The molecule has 0 saturated carbocycles. The van der Waals surface area contributed by atoms with Gasteiger partial charge in [-0.2, -0.15) is 0 Å². The fourth-order valence-electron chi connectivity index (χ4n) is 1.84. The van der Waals surface area contributed by atoms with Crippen molar-refractivity contribution in [3.63, 3.8) is 0 Å². The summed E-state index contributed by atoms with van der Waals surface area (Å²) in [6.45, 7) is 4.34. The summed E-state index contributed by atoms with van der Waals surface area (Å²) in [7, 11) is -3.71. The Morgan fingerprint density at radius 2 is 2.00 bits per heavy atom. The van der Waals surface area contributed by atoms with Crippen molar-refractivity contribution in [1.82, 2.24) is 0 Å². The van der Waals surface area contributed by atoms with Gasteiger partial charge in [0.05, 0.1) is 11.4 Å². The van der Waals surface area contributed by atoms with Gasteiger partial charge in [-0.1, -0.05) is 0 Å². The number of sulfonamides is 1. The number of nitrogens with two attached hydrogens (primary N) is 2. The van der Waals surface area contributed by atoms with E-state index in [0.717, 1.165) is 27.4 Å². The molecule has 7 heteroatoms. The molecule has 0 amide bonds. The molecular formula is C13H17N3O2S2. The van der Waals surface area contributed by atoms with Gasteiger partial charge in [0.15, 0.2) is 0 Å². The lowest BCUT2D eigenvalue weighted by Crippen LogP contribution is -2.13. The Kier molecular flexibility index (Phi) is 4.03. The van der Waals surface area contributed by atoms with Crippen LogP contribution in [0.2, 0.25) is 0 Å². The van der Waals surface area contributed by atoms with Crippen molar-refractivity contribution in [2.75, 3.05) is 11.1 Å². The van der Waals surface area contributed by atoms with E-state index >= 15 is 0 Å². The first-order valence-corrected chi connectivity index (χ1v) is 8.41. The Hall–Kier alpha value is -1.57. The zero-order chi connectivity index (χ0) is 14.9. The van der Waals surface area contributed by atoms with Crippen LogP contribution in [0.4, 0.5) is 11.4 Å². The molecule has 0 spiro atoms. The molecule has 20 heavy (non-hydrogen) atoms. The third kappa shape index (κ3) is 3.12. The predicted molar refractivity (Wildman–Crippen MR) is 83.3 cm³/mol. The number of hydrogen-bond acceptors (Lipinski definition) is 5. The fraction of sp³-hybridized carbons (Fsp3) is 0.231. The minimum atomic E-state index is -3.71. The van der Waals surface area contributed by atoms with Gasteiger partial charge in [-0.3, -0.25) is 0 Å². The summed E-state index contributed by atoms with van der Waals surface area (Å²) in [4.78, 5) is 1.13. The van der Waals surface area contributed by atoms with Gasteiger partial charge in [0.2, 0.25) is 10.0 Å². The first-order valence-electron chi connectivity index (χ1n) is 5.99. The van der Waals surface area contributed by atoms with Crippen LogP contribution in [0.25, 0.3) is 0 Å². The number of hydrogen-bond donors (Lipinski definition) is 3. The minimum absolute atomic E-state index is 0.113. The quantitative estimate of drug-likeness (QED) is 0.806. The smallest absolute Gasteiger partial charge is 0.238 e. The molecule has 108 valence electrons. The van der Waals surface area contributed by atoms with Crippen LogP contribution >= 0.6 is 11.3 Å². The summed E-state index contributed by atoms with van der Waals surface area (Å²) in [5, 5.41) is 10.3. The van der Waals surface area contributed by atoms with E-state index in [1.54, 1.807) is 23.5 Å². The van der Waals surface area contributed by atoms with Gasteiger partial charge in [0.25, 0.3) is 0 Å². The number of primary sulfonamides is 1. The van der Waals surface area contributed by atoms with Crippen molar-refractivity contribution in [2.24, 2.45) is 5.14 Å². The number of nitrogen functional groups attached to an aromatic ring is 1. The predicted octanol–water partition coefficient (Wildman–Crippen LogP) is 2.21. The highest BCUT2D eigenvalue weighted by atomic mass is 32.2. The topological polar surface area (TPSA) is 98.2 Å². The standard InChI is InChI=1S/C13H17N3O2S2/c1-8-5-10(20(15,17)18)6-12(9(8)2)16-7-13-11(14)3-4-19-13/h3-6,16H,7,14H2,1-2H3,(H2,15,17,18). The molecule has 2 aromatic rings. The molecule has 5 nitrogen and oxygen atoms in total. The van der Waals surface area contributed by atoms with E-state index in [1.165, 1.54) is 0 Å². The molecule has 1 heterocycles. The van der Waals surface area contributed by atoms with Gasteiger partial charge < -0.3 is 11.1 Å². The Morgan fingerprint density at radius 3 is 2.55 bits per heavy atom. The van der Waals surface area contributed by atoms with Crippen LogP contribution in [0.15, 0.2) is 28.5 Å². The highest BCUT2D eigenvalue weighted by Gasteiger charge is 2.12. The average molecular weight is 311 g/mol. The number of nitrogens with one attached hydrogen (secondary N) is 1. The van der Waals surface area contributed by atoms with Crippen LogP contribution in [-0.2, 0) is 16.6 Å². The molecule has 0 bridgehead atoms. The molecular weight excluding hydrogens is 294 g/mol. The van der Waals surface area contributed by atoms with Crippen molar-refractivity contribution >= 4 is 32.7 Å². The van der Waals surface area contributed by atoms with E-state index in [2.05, 4.69) is 5.32 Å². The minimum Gasteiger partial charge on any atom is -0.398 e. The molecule has 2 rings (SSSR count). The lowest BCUT2D eigenvalue weighted by Gasteiger charge is -2.13. The van der Waals surface area contributed by atoms with Crippen LogP contribution < -0.4 is 16.2 Å². The molecule has 5 N–H and O–H groups in total. The van der Waals surface area contributed by atoms with Gasteiger partial charge in [0, 0.05) is 16.3 Å².